The Hall–Kier alpha value is -2.12. The Kier molecular flexibility index (Phi) is 3.17. The van der Waals surface area contributed by atoms with E-state index in [1.807, 2.05) is 0 Å². The third kappa shape index (κ3) is 2.38. The van der Waals surface area contributed by atoms with Gasteiger partial charge in [-0.15, -0.1) is 5.10 Å². The zero-order valence-corrected chi connectivity index (χ0v) is 10.9. The molecule has 19 heavy (non-hydrogen) atoms. The Morgan fingerprint density at radius 2 is 2.32 bits per heavy atom. The highest BCUT2D eigenvalue weighted by atomic mass is 16.6. The Balaban J connectivity index is 2.32. The van der Waals surface area contributed by atoms with Gasteiger partial charge in [0, 0.05) is 20.1 Å². The molecule has 0 aliphatic carbocycles. The van der Waals surface area contributed by atoms with E-state index in [2.05, 4.69) is 5.10 Å². The van der Waals surface area contributed by atoms with Gasteiger partial charge in [-0.25, -0.2) is 0 Å². The van der Waals surface area contributed by atoms with E-state index in [1.54, 1.807) is 18.9 Å². The van der Waals surface area contributed by atoms with Gasteiger partial charge in [0.05, 0.1) is 10.3 Å². The van der Waals surface area contributed by atoms with Crippen molar-refractivity contribution >= 4 is 17.5 Å². The van der Waals surface area contributed by atoms with Gasteiger partial charge >= 0.3 is 11.7 Å². The van der Waals surface area contributed by atoms with E-state index in [0.717, 1.165) is 0 Å². The summed E-state index contributed by atoms with van der Waals surface area (Å²) in [6, 6.07) is 0. The maximum absolute atomic E-state index is 11.3. The number of carbonyl (C=O) groups is 1. The van der Waals surface area contributed by atoms with Crippen LogP contribution in [-0.2, 0) is 11.8 Å². The van der Waals surface area contributed by atoms with E-state index in [0.29, 0.717) is 19.4 Å². The van der Waals surface area contributed by atoms with Crippen molar-refractivity contribution in [1.82, 2.24) is 9.78 Å². The third-order valence-electron chi connectivity index (χ3n) is 3.50. The molecule has 104 valence electrons. The van der Waals surface area contributed by atoms with Crippen LogP contribution in [0.25, 0.3) is 0 Å². The molecule has 8 heteroatoms. The summed E-state index contributed by atoms with van der Waals surface area (Å²) in [7, 11) is 1.61. The fourth-order valence-corrected chi connectivity index (χ4v) is 2.41. The maximum Gasteiger partial charge on any atom is 0.330 e. The van der Waals surface area contributed by atoms with Gasteiger partial charge < -0.3 is 10.0 Å². The molecule has 2 heterocycles. The van der Waals surface area contributed by atoms with Crippen LogP contribution in [0, 0.1) is 15.5 Å². The lowest BCUT2D eigenvalue weighted by Gasteiger charge is -2.37. The number of nitrogens with zero attached hydrogens (tertiary/aromatic N) is 4. The normalized spacial score (nSPS) is 23.4. The monoisotopic (exact) mass is 268 g/mol. The van der Waals surface area contributed by atoms with Gasteiger partial charge in [-0.1, -0.05) is 0 Å². The summed E-state index contributed by atoms with van der Waals surface area (Å²) in [4.78, 5) is 23.5. The lowest BCUT2D eigenvalue weighted by atomic mass is 9.82. The number of carboxylic acids is 1. The Morgan fingerprint density at radius 1 is 1.63 bits per heavy atom. The lowest BCUT2D eigenvalue weighted by Crippen LogP contribution is -2.46. The molecule has 0 radical (unpaired) electrons. The van der Waals surface area contributed by atoms with Crippen molar-refractivity contribution in [3.63, 3.8) is 0 Å². The van der Waals surface area contributed by atoms with E-state index >= 15 is 0 Å². The molecule has 0 bridgehead atoms. The second kappa shape index (κ2) is 4.52. The van der Waals surface area contributed by atoms with Crippen LogP contribution >= 0.6 is 0 Å². The minimum Gasteiger partial charge on any atom is -0.481 e. The Morgan fingerprint density at radius 3 is 2.89 bits per heavy atom. The van der Waals surface area contributed by atoms with Crippen molar-refractivity contribution < 1.29 is 14.8 Å². The molecular weight excluding hydrogens is 252 g/mol. The average molecular weight is 268 g/mol. The number of rotatable bonds is 3. The highest BCUT2D eigenvalue weighted by molar-refractivity contribution is 5.75. The summed E-state index contributed by atoms with van der Waals surface area (Å²) in [6.07, 6.45) is 2.58. The van der Waals surface area contributed by atoms with Crippen LogP contribution in [0.1, 0.15) is 19.8 Å². The van der Waals surface area contributed by atoms with Crippen LogP contribution in [0.3, 0.4) is 0 Å². The first kappa shape index (κ1) is 13.3. The van der Waals surface area contributed by atoms with Crippen LogP contribution in [0.5, 0.6) is 0 Å². The molecule has 1 aliphatic heterocycles. The summed E-state index contributed by atoms with van der Waals surface area (Å²) >= 11 is 0. The number of aryl methyl sites for hydroxylation is 1. The van der Waals surface area contributed by atoms with Gasteiger partial charge in [-0.3, -0.25) is 19.6 Å². The van der Waals surface area contributed by atoms with Gasteiger partial charge in [0.1, 0.15) is 6.20 Å². The molecule has 1 atom stereocenters. The second-order valence-corrected chi connectivity index (χ2v) is 5.16. The minimum atomic E-state index is -0.885. The Labute approximate surface area is 109 Å². The maximum atomic E-state index is 11.3. The summed E-state index contributed by atoms with van der Waals surface area (Å²) in [5, 5.41) is 24.3. The minimum absolute atomic E-state index is 0.0860. The molecule has 1 aromatic heterocycles. The molecule has 0 amide bonds. The van der Waals surface area contributed by atoms with Gasteiger partial charge in [0.2, 0.25) is 5.82 Å². The van der Waals surface area contributed by atoms with E-state index in [1.165, 1.54) is 10.9 Å². The van der Waals surface area contributed by atoms with Crippen molar-refractivity contribution in [2.75, 3.05) is 18.0 Å². The molecule has 1 unspecified atom stereocenters. The third-order valence-corrected chi connectivity index (χ3v) is 3.50. The molecule has 1 aromatic rings. The highest BCUT2D eigenvalue weighted by Crippen LogP contribution is 2.35. The predicted molar refractivity (Wildman–Crippen MR) is 67.1 cm³/mol. The van der Waals surface area contributed by atoms with Gasteiger partial charge in [-0.05, 0) is 19.8 Å². The zero-order valence-electron chi connectivity index (χ0n) is 10.9. The van der Waals surface area contributed by atoms with Gasteiger partial charge in [0.25, 0.3) is 0 Å². The molecular formula is C11H16N4O4. The van der Waals surface area contributed by atoms with Crippen molar-refractivity contribution in [2.45, 2.75) is 19.8 Å². The highest BCUT2D eigenvalue weighted by Gasteiger charge is 2.40. The van der Waals surface area contributed by atoms with Crippen LogP contribution in [-0.4, -0.2) is 38.9 Å². The SMILES string of the molecule is Cn1cc([N+](=O)[O-])c(N2CCCC(C)(C(=O)O)C2)n1. The van der Waals surface area contributed by atoms with Crippen molar-refractivity contribution in [2.24, 2.45) is 12.5 Å². The second-order valence-electron chi connectivity index (χ2n) is 5.16. The van der Waals surface area contributed by atoms with E-state index < -0.39 is 16.3 Å². The molecule has 2 rings (SSSR count). The zero-order chi connectivity index (χ0) is 14.2. The van der Waals surface area contributed by atoms with E-state index in [-0.39, 0.29) is 18.1 Å². The number of hydrogen-bond acceptors (Lipinski definition) is 5. The first-order chi connectivity index (χ1) is 8.83. The molecule has 1 fully saturated rings. The van der Waals surface area contributed by atoms with Gasteiger partial charge in [-0.2, -0.15) is 0 Å². The van der Waals surface area contributed by atoms with Crippen molar-refractivity contribution in [3.05, 3.63) is 16.3 Å². The van der Waals surface area contributed by atoms with Gasteiger partial charge in [0.15, 0.2) is 0 Å². The Bertz CT molecular complexity index is 527. The predicted octanol–water partition coefficient (Wildman–Crippen LogP) is 1.02. The number of hydrogen-bond donors (Lipinski definition) is 1. The average Bonchev–Trinajstić information content (AvgIpc) is 2.71. The molecule has 1 N–H and O–H groups in total. The fourth-order valence-electron chi connectivity index (χ4n) is 2.41. The molecule has 1 saturated heterocycles. The number of aliphatic carboxylic acids is 1. The first-order valence-corrected chi connectivity index (χ1v) is 6.00. The number of piperidine rings is 1. The summed E-state index contributed by atoms with van der Waals surface area (Å²) in [5.41, 5.74) is -0.971. The van der Waals surface area contributed by atoms with E-state index in [9.17, 15) is 20.0 Å². The number of aromatic nitrogens is 2. The number of anilines is 1. The van der Waals surface area contributed by atoms with E-state index in [4.69, 9.17) is 0 Å². The van der Waals surface area contributed by atoms with Crippen LogP contribution in [0.4, 0.5) is 11.5 Å². The topological polar surface area (TPSA) is 102 Å². The van der Waals surface area contributed by atoms with Crippen molar-refractivity contribution in [3.8, 4) is 0 Å². The molecule has 0 spiro atoms. The lowest BCUT2D eigenvalue weighted by molar-refractivity contribution is -0.384. The molecule has 8 nitrogen and oxygen atoms in total. The first-order valence-electron chi connectivity index (χ1n) is 6.00. The molecule has 0 saturated carbocycles. The summed E-state index contributed by atoms with van der Waals surface area (Å²) < 4.78 is 1.38. The largest absolute Gasteiger partial charge is 0.481 e. The number of carboxylic acid groups (broad SMARTS) is 1. The molecule has 0 aromatic carbocycles. The van der Waals surface area contributed by atoms with Crippen LogP contribution < -0.4 is 4.90 Å². The van der Waals surface area contributed by atoms with Crippen molar-refractivity contribution in [1.29, 1.82) is 0 Å². The van der Waals surface area contributed by atoms with Crippen LogP contribution in [0.15, 0.2) is 6.20 Å². The summed E-state index contributed by atoms with van der Waals surface area (Å²) in [6.45, 7) is 2.48. The molecule has 1 aliphatic rings. The number of nitro groups is 1. The quantitative estimate of drug-likeness (QED) is 0.648. The standard InChI is InChI=1S/C11H16N4O4/c1-11(10(16)17)4-3-5-14(7-11)9-8(15(18)19)6-13(2)12-9/h6H,3-5,7H2,1-2H3,(H,16,17). The fraction of sp³-hybridized carbons (Fsp3) is 0.636. The van der Waals surface area contributed by atoms with Crippen LogP contribution in [0.2, 0.25) is 0 Å². The smallest absolute Gasteiger partial charge is 0.330 e. The summed E-state index contributed by atoms with van der Waals surface area (Å²) in [5.74, 6) is -0.629.